The SMILES string of the molecule is COc1ccc(C(=O)Nc2ccc(C(=O)OCC(=O)c3ccc(Cl)cc3Cl)cc2)cc1. The van der Waals surface area contributed by atoms with Crippen LogP contribution in [0.2, 0.25) is 10.0 Å². The Hall–Kier alpha value is -3.35. The van der Waals surface area contributed by atoms with Gasteiger partial charge in [0.15, 0.2) is 6.61 Å². The van der Waals surface area contributed by atoms with E-state index in [1.807, 2.05) is 0 Å². The molecular weight excluding hydrogens is 441 g/mol. The quantitative estimate of drug-likeness (QED) is 0.384. The van der Waals surface area contributed by atoms with Crippen molar-refractivity contribution in [3.05, 3.63) is 93.5 Å². The normalized spacial score (nSPS) is 10.3. The number of benzene rings is 3. The maximum atomic E-state index is 12.3. The molecule has 0 heterocycles. The van der Waals surface area contributed by atoms with Crippen LogP contribution in [0.15, 0.2) is 66.7 Å². The minimum Gasteiger partial charge on any atom is -0.497 e. The van der Waals surface area contributed by atoms with Gasteiger partial charge in [-0.1, -0.05) is 23.2 Å². The average molecular weight is 458 g/mol. The molecular formula is C23H17Cl2NO5. The highest BCUT2D eigenvalue weighted by atomic mass is 35.5. The lowest BCUT2D eigenvalue weighted by molar-refractivity contribution is 0.0475. The van der Waals surface area contributed by atoms with Crippen LogP contribution in [0.4, 0.5) is 5.69 Å². The summed E-state index contributed by atoms with van der Waals surface area (Å²) >= 11 is 11.8. The molecule has 0 bridgehead atoms. The number of hydrogen-bond acceptors (Lipinski definition) is 5. The standard InChI is InChI=1S/C23H17Cl2NO5/c1-30-18-9-4-14(5-10-18)22(28)26-17-7-2-15(3-8-17)23(29)31-13-21(27)19-11-6-16(24)12-20(19)25/h2-12H,13H2,1H3,(H,26,28). The maximum Gasteiger partial charge on any atom is 0.338 e. The van der Waals surface area contributed by atoms with Gasteiger partial charge in [0.1, 0.15) is 5.75 Å². The van der Waals surface area contributed by atoms with Gasteiger partial charge in [-0.3, -0.25) is 9.59 Å². The van der Waals surface area contributed by atoms with Crippen molar-refractivity contribution in [2.45, 2.75) is 0 Å². The summed E-state index contributed by atoms with van der Waals surface area (Å²) < 4.78 is 10.1. The predicted molar refractivity (Wildman–Crippen MR) is 118 cm³/mol. The zero-order valence-electron chi connectivity index (χ0n) is 16.4. The molecule has 8 heteroatoms. The predicted octanol–water partition coefficient (Wildman–Crippen LogP) is 5.29. The number of rotatable bonds is 7. The molecule has 0 saturated heterocycles. The summed E-state index contributed by atoms with van der Waals surface area (Å²) in [6.07, 6.45) is 0. The molecule has 0 aromatic heterocycles. The van der Waals surface area contributed by atoms with Gasteiger partial charge in [-0.05, 0) is 66.7 Å². The highest BCUT2D eigenvalue weighted by Crippen LogP contribution is 2.21. The van der Waals surface area contributed by atoms with Crippen LogP contribution in [0, 0.1) is 0 Å². The Balaban J connectivity index is 1.56. The Morgan fingerprint density at radius 1 is 0.871 bits per heavy atom. The van der Waals surface area contributed by atoms with Gasteiger partial charge >= 0.3 is 5.97 Å². The van der Waals surface area contributed by atoms with Gasteiger partial charge in [0, 0.05) is 21.8 Å². The van der Waals surface area contributed by atoms with Gasteiger partial charge < -0.3 is 14.8 Å². The highest BCUT2D eigenvalue weighted by Gasteiger charge is 2.15. The molecule has 3 aromatic rings. The lowest BCUT2D eigenvalue weighted by atomic mass is 10.1. The number of carbonyl (C=O) groups excluding carboxylic acids is 3. The second-order valence-corrected chi connectivity index (χ2v) is 7.23. The molecule has 31 heavy (non-hydrogen) atoms. The van der Waals surface area contributed by atoms with Crippen LogP contribution in [-0.4, -0.2) is 31.4 Å². The molecule has 6 nitrogen and oxygen atoms in total. The van der Waals surface area contributed by atoms with E-state index in [9.17, 15) is 14.4 Å². The molecule has 0 fully saturated rings. The number of hydrogen-bond donors (Lipinski definition) is 1. The van der Waals surface area contributed by atoms with Gasteiger partial charge in [0.25, 0.3) is 5.91 Å². The summed E-state index contributed by atoms with van der Waals surface area (Å²) in [7, 11) is 1.55. The zero-order chi connectivity index (χ0) is 22.4. The summed E-state index contributed by atoms with van der Waals surface area (Å²) in [5.41, 5.74) is 1.41. The van der Waals surface area contributed by atoms with Crippen molar-refractivity contribution in [2.24, 2.45) is 0 Å². The van der Waals surface area contributed by atoms with Crippen LogP contribution in [-0.2, 0) is 4.74 Å². The summed E-state index contributed by atoms with van der Waals surface area (Å²) in [6.45, 7) is -0.462. The Morgan fingerprint density at radius 3 is 2.13 bits per heavy atom. The molecule has 0 saturated carbocycles. The van der Waals surface area contributed by atoms with Crippen molar-refractivity contribution in [3.8, 4) is 5.75 Å². The average Bonchev–Trinajstić information content (AvgIpc) is 2.77. The van der Waals surface area contributed by atoms with Gasteiger partial charge in [-0.2, -0.15) is 0 Å². The van der Waals surface area contributed by atoms with Crippen LogP contribution in [0.25, 0.3) is 0 Å². The number of nitrogens with one attached hydrogen (secondary N) is 1. The van der Waals surface area contributed by atoms with Crippen LogP contribution in [0.3, 0.4) is 0 Å². The Morgan fingerprint density at radius 2 is 1.52 bits per heavy atom. The molecule has 0 radical (unpaired) electrons. The number of esters is 1. The molecule has 0 aliphatic rings. The van der Waals surface area contributed by atoms with Crippen molar-refractivity contribution in [2.75, 3.05) is 19.0 Å². The molecule has 1 amide bonds. The Labute approximate surface area is 188 Å². The molecule has 0 aliphatic carbocycles. The fourth-order valence-electron chi connectivity index (χ4n) is 2.64. The number of Topliss-reactive ketones (excluding diaryl/α,β-unsaturated/α-hetero) is 1. The smallest absolute Gasteiger partial charge is 0.338 e. The van der Waals surface area contributed by atoms with Crippen molar-refractivity contribution in [3.63, 3.8) is 0 Å². The number of ether oxygens (including phenoxy) is 2. The van der Waals surface area contributed by atoms with E-state index < -0.39 is 18.4 Å². The molecule has 1 N–H and O–H groups in total. The first-order chi connectivity index (χ1) is 14.9. The van der Waals surface area contributed by atoms with E-state index in [1.165, 1.54) is 30.3 Å². The summed E-state index contributed by atoms with van der Waals surface area (Å²) in [6, 6.07) is 17.2. The van der Waals surface area contributed by atoms with Gasteiger partial charge in [-0.15, -0.1) is 0 Å². The van der Waals surface area contributed by atoms with E-state index in [0.29, 0.717) is 22.0 Å². The first-order valence-corrected chi connectivity index (χ1v) is 9.84. The number of methoxy groups -OCH3 is 1. The Kier molecular flexibility index (Phi) is 7.28. The van der Waals surface area contributed by atoms with E-state index in [4.69, 9.17) is 32.7 Å². The highest BCUT2D eigenvalue weighted by molar-refractivity contribution is 6.36. The number of carbonyl (C=O) groups is 3. The van der Waals surface area contributed by atoms with Gasteiger partial charge in [-0.25, -0.2) is 4.79 Å². The molecule has 0 aliphatic heterocycles. The van der Waals surface area contributed by atoms with Gasteiger partial charge in [0.05, 0.1) is 17.7 Å². The third-order valence-electron chi connectivity index (χ3n) is 4.30. The van der Waals surface area contributed by atoms with Crippen LogP contribution in [0.1, 0.15) is 31.1 Å². The second-order valence-electron chi connectivity index (χ2n) is 6.38. The molecule has 0 unspecified atom stereocenters. The molecule has 0 atom stereocenters. The number of anilines is 1. The fraction of sp³-hybridized carbons (Fsp3) is 0.0870. The zero-order valence-corrected chi connectivity index (χ0v) is 17.9. The Bertz CT molecular complexity index is 1110. The second kappa shape index (κ2) is 10.1. The number of halogens is 2. The minimum absolute atomic E-state index is 0.186. The molecule has 3 aromatic carbocycles. The molecule has 3 rings (SSSR count). The van der Waals surface area contributed by atoms with Crippen molar-refractivity contribution >= 4 is 46.5 Å². The van der Waals surface area contributed by atoms with Crippen LogP contribution in [0.5, 0.6) is 5.75 Å². The lowest BCUT2D eigenvalue weighted by Crippen LogP contribution is -2.15. The van der Waals surface area contributed by atoms with Crippen LogP contribution < -0.4 is 10.1 Å². The summed E-state index contributed by atoms with van der Waals surface area (Å²) in [5.74, 6) is -0.774. The molecule has 158 valence electrons. The van der Waals surface area contributed by atoms with E-state index in [-0.39, 0.29) is 22.1 Å². The van der Waals surface area contributed by atoms with Crippen LogP contribution >= 0.6 is 23.2 Å². The van der Waals surface area contributed by atoms with Crippen molar-refractivity contribution < 1.29 is 23.9 Å². The first kappa shape index (κ1) is 22.3. The van der Waals surface area contributed by atoms with Gasteiger partial charge in [0.2, 0.25) is 5.78 Å². The van der Waals surface area contributed by atoms with E-state index >= 15 is 0 Å². The van der Waals surface area contributed by atoms with Crippen molar-refractivity contribution in [1.29, 1.82) is 0 Å². The van der Waals surface area contributed by atoms with E-state index in [2.05, 4.69) is 5.32 Å². The summed E-state index contributed by atoms with van der Waals surface area (Å²) in [4.78, 5) is 36.7. The fourth-order valence-corrected chi connectivity index (χ4v) is 3.16. The first-order valence-electron chi connectivity index (χ1n) is 9.08. The third kappa shape index (κ3) is 5.84. The van der Waals surface area contributed by atoms with E-state index in [0.717, 1.165) is 0 Å². The lowest BCUT2D eigenvalue weighted by Gasteiger charge is -2.08. The number of amides is 1. The monoisotopic (exact) mass is 457 g/mol. The topological polar surface area (TPSA) is 81.7 Å². The minimum atomic E-state index is -0.675. The number of ketones is 1. The maximum absolute atomic E-state index is 12.3. The largest absolute Gasteiger partial charge is 0.497 e. The van der Waals surface area contributed by atoms with Crippen molar-refractivity contribution in [1.82, 2.24) is 0 Å². The third-order valence-corrected chi connectivity index (χ3v) is 4.84. The van der Waals surface area contributed by atoms with E-state index in [1.54, 1.807) is 43.5 Å². The summed E-state index contributed by atoms with van der Waals surface area (Å²) in [5, 5.41) is 3.32. The molecule has 0 spiro atoms.